The number of nitrogens with zero attached hydrogens (tertiary/aromatic N) is 1. The van der Waals surface area contributed by atoms with Gasteiger partial charge in [0, 0.05) is 17.3 Å². The highest BCUT2D eigenvalue weighted by Crippen LogP contribution is 2.40. The number of hydrogen-bond donors (Lipinski definition) is 1. The fourth-order valence-corrected chi connectivity index (χ4v) is 5.65. The van der Waals surface area contributed by atoms with E-state index < -0.39 is 10.0 Å². The average molecular weight is 463 g/mol. The number of likely N-dealkylation sites (tertiary alicyclic amines) is 1. The van der Waals surface area contributed by atoms with Crippen molar-refractivity contribution in [2.75, 3.05) is 24.4 Å². The second-order valence-electron chi connectivity index (χ2n) is 9.07. The minimum absolute atomic E-state index is 0.0294. The fraction of sp³-hybridized carbons (Fsp3) is 0.520. The number of benzene rings is 2. The quantitative estimate of drug-likeness (QED) is 0.443. The Labute approximate surface area is 193 Å². The van der Waals surface area contributed by atoms with Crippen LogP contribution in [0.5, 0.6) is 0 Å². The number of unbranched alkanes of at least 4 members (excludes halogenated alkanes) is 3. The minimum atomic E-state index is -3.65. The minimum Gasteiger partial charge on any atom is -0.303 e. The first-order chi connectivity index (χ1) is 14.7. The van der Waals surface area contributed by atoms with E-state index >= 15 is 0 Å². The fourth-order valence-electron chi connectivity index (χ4n) is 4.48. The summed E-state index contributed by atoms with van der Waals surface area (Å²) in [5, 5.41) is 0.513. The maximum Gasteiger partial charge on any atom is 0.261 e. The Kier molecular flexibility index (Phi) is 8.06. The van der Waals surface area contributed by atoms with Crippen LogP contribution in [-0.4, -0.2) is 33.0 Å². The summed E-state index contributed by atoms with van der Waals surface area (Å²) >= 11 is 5.89. The normalized spacial score (nSPS) is 22.4. The SMILES string of the molecule is CCCCCCN1CCC(C)(c2cccc(NS(=O)(=O)c3ccc(Cl)cc3)c2)C(C)C1. The molecule has 1 aliphatic heterocycles. The van der Waals surface area contributed by atoms with Gasteiger partial charge in [0.15, 0.2) is 0 Å². The van der Waals surface area contributed by atoms with Crippen molar-refractivity contribution >= 4 is 27.3 Å². The van der Waals surface area contributed by atoms with Gasteiger partial charge in [-0.15, -0.1) is 0 Å². The first kappa shape index (κ1) is 24.1. The van der Waals surface area contributed by atoms with E-state index in [1.165, 1.54) is 49.9 Å². The Bertz CT molecular complexity index is 962. The van der Waals surface area contributed by atoms with Crippen molar-refractivity contribution in [2.45, 2.75) is 63.2 Å². The molecule has 2 aromatic rings. The van der Waals surface area contributed by atoms with Gasteiger partial charge in [0.1, 0.15) is 0 Å². The average Bonchev–Trinajstić information content (AvgIpc) is 2.74. The molecule has 0 saturated carbocycles. The molecule has 2 unspecified atom stereocenters. The third kappa shape index (κ3) is 6.03. The van der Waals surface area contributed by atoms with E-state index in [9.17, 15) is 8.42 Å². The van der Waals surface area contributed by atoms with Gasteiger partial charge in [0.25, 0.3) is 10.0 Å². The summed E-state index contributed by atoms with van der Waals surface area (Å²) in [5.74, 6) is 0.496. The first-order valence-corrected chi connectivity index (χ1v) is 13.2. The van der Waals surface area contributed by atoms with Gasteiger partial charge in [-0.2, -0.15) is 0 Å². The Balaban J connectivity index is 1.70. The van der Waals surface area contributed by atoms with Crippen LogP contribution in [0.15, 0.2) is 53.4 Å². The lowest BCUT2D eigenvalue weighted by Crippen LogP contribution is -2.47. The van der Waals surface area contributed by atoms with E-state index in [0.29, 0.717) is 16.6 Å². The lowest BCUT2D eigenvalue weighted by molar-refractivity contribution is 0.109. The summed E-state index contributed by atoms with van der Waals surface area (Å²) in [7, 11) is -3.65. The van der Waals surface area contributed by atoms with Crippen molar-refractivity contribution < 1.29 is 8.42 Å². The van der Waals surface area contributed by atoms with E-state index in [0.717, 1.165) is 19.5 Å². The second-order valence-corrected chi connectivity index (χ2v) is 11.2. The van der Waals surface area contributed by atoms with Gasteiger partial charge in [-0.3, -0.25) is 4.72 Å². The van der Waals surface area contributed by atoms with Crippen molar-refractivity contribution in [3.05, 3.63) is 59.1 Å². The van der Waals surface area contributed by atoms with Crippen molar-refractivity contribution in [2.24, 2.45) is 5.92 Å². The van der Waals surface area contributed by atoms with E-state index in [2.05, 4.69) is 36.5 Å². The number of sulfonamides is 1. The molecule has 1 N–H and O–H groups in total. The summed E-state index contributed by atoms with van der Waals surface area (Å²) < 4.78 is 28.3. The monoisotopic (exact) mass is 462 g/mol. The molecule has 0 bridgehead atoms. The summed E-state index contributed by atoms with van der Waals surface area (Å²) in [4.78, 5) is 2.80. The van der Waals surface area contributed by atoms with Crippen LogP contribution >= 0.6 is 11.6 Å². The van der Waals surface area contributed by atoms with Crippen LogP contribution in [-0.2, 0) is 15.4 Å². The van der Waals surface area contributed by atoms with Crippen molar-refractivity contribution in [3.63, 3.8) is 0 Å². The number of halogens is 1. The molecule has 170 valence electrons. The zero-order valence-electron chi connectivity index (χ0n) is 18.9. The van der Waals surface area contributed by atoms with Crippen LogP contribution in [0.2, 0.25) is 5.02 Å². The highest BCUT2D eigenvalue weighted by molar-refractivity contribution is 7.92. The van der Waals surface area contributed by atoms with Crippen molar-refractivity contribution in [3.8, 4) is 0 Å². The second kappa shape index (κ2) is 10.4. The summed E-state index contributed by atoms with van der Waals surface area (Å²) in [6.45, 7) is 10.2. The zero-order valence-corrected chi connectivity index (χ0v) is 20.5. The van der Waals surface area contributed by atoms with E-state index in [4.69, 9.17) is 11.6 Å². The van der Waals surface area contributed by atoms with Gasteiger partial charge >= 0.3 is 0 Å². The molecule has 0 aromatic heterocycles. The maximum absolute atomic E-state index is 12.8. The third-order valence-electron chi connectivity index (χ3n) is 6.79. The Morgan fingerprint density at radius 2 is 1.87 bits per heavy atom. The topological polar surface area (TPSA) is 49.4 Å². The third-order valence-corrected chi connectivity index (χ3v) is 8.44. The van der Waals surface area contributed by atoms with Gasteiger partial charge in [-0.05, 0) is 79.2 Å². The standard InChI is InChI=1S/C25H35ClN2O2S/c1-4-5-6-7-16-28-17-15-25(3,20(2)19-28)21-9-8-10-23(18-21)27-31(29,30)24-13-11-22(26)12-14-24/h8-14,18,20,27H,4-7,15-17,19H2,1-3H3. The molecule has 1 fully saturated rings. The smallest absolute Gasteiger partial charge is 0.261 e. The predicted molar refractivity (Wildman–Crippen MR) is 130 cm³/mol. The number of piperidine rings is 1. The molecule has 1 heterocycles. The largest absolute Gasteiger partial charge is 0.303 e. The van der Waals surface area contributed by atoms with Crippen LogP contribution < -0.4 is 4.72 Å². The number of anilines is 1. The Hall–Kier alpha value is -1.56. The molecule has 1 aliphatic rings. The molecule has 0 spiro atoms. The van der Waals surface area contributed by atoms with Crippen LogP contribution in [0.3, 0.4) is 0 Å². The first-order valence-electron chi connectivity index (χ1n) is 11.4. The molecule has 0 aliphatic carbocycles. The van der Waals surface area contributed by atoms with Crippen LogP contribution in [0.25, 0.3) is 0 Å². The van der Waals surface area contributed by atoms with Gasteiger partial charge in [0.2, 0.25) is 0 Å². The number of hydrogen-bond acceptors (Lipinski definition) is 3. The van der Waals surface area contributed by atoms with Gasteiger partial charge < -0.3 is 4.90 Å². The summed E-state index contributed by atoms with van der Waals surface area (Å²) in [6, 6.07) is 14.1. The van der Waals surface area contributed by atoms with Crippen LogP contribution in [0, 0.1) is 5.92 Å². The molecule has 0 radical (unpaired) electrons. The molecule has 2 aromatic carbocycles. The van der Waals surface area contributed by atoms with Gasteiger partial charge in [-0.1, -0.05) is 63.8 Å². The highest BCUT2D eigenvalue weighted by atomic mass is 35.5. The summed E-state index contributed by atoms with van der Waals surface area (Å²) in [6.07, 6.45) is 6.26. The van der Waals surface area contributed by atoms with Crippen molar-refractivity contribution in [1.29, 1.82) is 0 Å². The molecule has 1 saturated heterocycles. The lowest BCUT2D eigenvalue weighted by atomic mass is 9.68. The molecule has 4 nitrogen and oxygen atoms in total. The maximum atomic E-state index is 12.8. The zero-order chi connectivity index (χ0) is 22.5. The van der Waals surface area contributed by atoms with E-state index in [1.54, 1.807) is 12.1 Å². The number of rotatable bonds is 9. The Morgan fingerprint density at radius 3 is 2.55 bits per heavy atom. The van der Waals surface area contributed by atoms with Crippen molar-refractivity contribution in [1.82, 2.24) is 4.90 Å². The van der Waals surface area contributed by atoms with Crippen LogP contribution in [0.4, 0.5) is 5.69 Å². The molecular formula is C25H35ClN2O2S. The number of nitrogens with one attached hydrogen (secondary N) is 1. The molecular weight excluding hydrogens is 428 g/mol. The molecule has 31 heavy (non-hydrogen) atoms. The van der Waals surface area contributed by atoms with E-state index in [-0.39, 0.29) is 10.3 Å². The Morgan fingerprint density at radius 1 is 1.13 bits per heavy atom. The molecule has 3 rings (SSSR count). The predicted octanol–water partition coefficient (Wildman–Crippen LogP) is 6.32. The molecule has 0 amide bonds. The van der Waals surface area contributed by atoms with Gasteiger partial charge in [0.05, 0.1) is 4.90 Å². The van der Waals surface area contributed by atoms with Gasteiger partial charge in [-0.25, -0.2) is 8.42 Å². The lowest BCUT2D eigenvalue weighted by Gasteiger charge is -2.45. The summed E-state index contributed by atoms with van der Waals surface area (Å²) in [5.41, 5.74) is 1.83. The van der Waals surface area contributed by atoms with E-state index in [1.807, 2.05) is 18.2 Å². The highest BCUT2D eigenvalue weighted by Gasteiger charge is 2.38. The molecule has 6 heteroatoms. The van der Waals surface area contributed by atoms with Crippen LogP contribution in [0.1, 0.15) is 58.4 Å². The molecule has 2 atom stereocenters.